The summed E-state index contributed by atoms with van der Waals surface area (Å²) in [5, 5.41) is 10.3. The average Bonchev–Trinajstić information content (AvgIpc) is 3.06. The topological polar surface area (TPSA) is 69.4 Å². The van der Waals surface area contributed by atoms with E-state index in [1.807, 2.05) is 18.2 Å². The number of anilines is 1. The van der Waals surface area contributed by atoms with E-state index in [1.165, 1.54) is 31.7 Å². The van der Waals surface area contributed by atoms with E-state index in [-0.39, 0.29) is 11.2 Å². The fourth-order valence-electron chi connectivity index (χ4n) is 4.53. The van der Waals surface area contributed by atoms with Gasteiger partial charge in [-0.05, 0) is 38.1 Å². The first-order valence-corrected chi connectivity index (χ1v) is 11.3. The SMILES string of the molecule is COc1ccccc1N1CCN(Cc2oc(CN3CCCCCC3)cc(=O)c2O)CC1. The van der Waals surface area contributed by atoms with E-state index in [2.05, 4.69) is 20.8 Å². The van der Waals surface area contributed by atoms with Crippen LogP contribution in [0.5, 0.6) is 11.5 Å². The summed E-state index contributed by atoms with van der Waals surface area (Å²) in [6.07, 6.45) is 4.90. The van der Waals surface area contributed by atoms with Gasteiger partial charge in [-0.3, -0.25) is 14.6 Å². The van der Waals surface area contributed by atoms with Gasteiger partial charge in [0.05, 0.1) is 25.9 Å². The van der Waals surface area contributed by atoms with Crippen LogP contribution in [0, 0.1) is 0 Å². The highest BCUT2D eigenvalue weighted by Gasteiger charge is 2.22. The Bertz CT molecular complexity index is 913. The number of hydrogen-bond acceptors (Lipinski definition) is 7. The van der Waals surface area contributed by atoms with Gasteiger partial charge >= 0.3 is 0 Å². The van der Waals surface area contributed by atoms with Crippen LogP contribution in [-0.2, 0) is 13.1 Å². The second-order valence-electron chi connectivity index (χ2n) is 8.47. The van der Waals surface area contributed by atoms with E-state index in [9.17, 15) is 9.90 Å². The molecule has 0 amide bonds. The van der Waals surface area contributed by atoms with E-state index in [0.29, 0.717) is 24.6 Å². The van der Waals surface area contributed by atoms with Gasteiger partial charge in [0, 0.05) is 32.2 Å². The van der Waals surface area contributed by atoms with Crippen LogP contribution in [0.15, 0.2) is 39.5 Å². The van der Waals surface area contributed by atoms with Crippen molar-refractivity contribution in [1.82, 2.24) is 9.80 Å². The number of rotatable bonds is 6. The van der Waals surface area contributed by atoms with Crippen molar-refractivity contribution in [2.45, 2.75) is 38.8 Å². The van der Waals surface area contributed by atoms with E-state index in [4.69, 9.17) is 9.15 Å². The van der Waals surface area contributed by atoms with E-state index < -0.39 is 0 Å². The molecule has 0 atom stereocenters. The molecule has 0 aliphatic carbocycles. The normalized spacial score (nSPS) is 18.7. The molecule has 2 aliphatic rings. The maximum atomic E-state index is 12.4. The number of nitrogens with zero attached hydrogens (tertiary/aromatic N) is 3. The molecule has 7 heteroatoms. The standard InChI is InChI=1S/C24H33N3O4/c1-30-22-9-5-4-8-20(22)27-14-12-26(13-15-27)18-23-24(29)21(28)16-19(31-23)17-25-10-6-2-3-7-11-25/h4-5,8-9,16,29H,2-3,6-7,10-15,17-18H2,1H3. The molecular formula is C24H33N3O4. The second kappa shape index (κ2) is 10.2. The molecule has 0 bridgehead atoms. The van der Waals surface area contributed by atoms with Crippen LogP contribution in [0.25, 0.3) is 0 Å². The zero-order valence-corrected chi connectivity index (χ0v) is 18.4. The highest BCUT2D eigenvalue weighted by molar-refractivity contribution is 5.58. The van der Waals surface area contributed by atoms with Gasteiger partial charge in [-0.1, -0.05) is 25.0 Å². The minimum atomic E-state index is -0.348. The zero-order chi connectivity index (χ0) is 21.6. The van der Waals surface area contributed by atoms with Crippen molar-refractivity contribution in [2.75, 3.05) is 51.3 Å². The van der Waals surface area contributed by atoms with Crippen LogP contribution in [0.1, 0.15) is 37.2 Å². The van der Waals surface area contributed by atoms with E-state index in [0.717, 1.165) is 50.7 Å². The molecule has 31 heavy (non-hydrogen) atoms. The van der Waals surface area contributed by atoms with Crippen molar-refractivity contribution < 1.29 is 14.3 Å². The third-order valence-electron chi connectivity index (χ3n) is 6.29. The fourth-order valence-corrected chi connectivity index (χ4v) is 4.53. The Hall–Kier alpha value is -2.51. The Kier molecular flexibility index (Phi) is 7.14. The lowest BCUT2D eigenvalue weighted by Gasteiger charge is -2.36. The molecule has 7 nitrogen and oxygen atoms in total. The minimum Gasteiger partial charge on any atom is -0.502 e. The van der Waals surface area contributed by atoms with Crippen molar-refractivity contribution in [1.29, 1.82) is 0 Å². The molecule has 2 aromatic rings. The van der Waals surface area contributed by atoms with Gasteiger partial charge in [0.2, 0.25) is 11.2 Å². The van der Waals surface area contributed by atoms with E-state index >= 15 is 0 Å². The van der Waals surface area contributed by atoms with Gasteiger partial charge in [0.25, 0.3) is 0 Å². The van der Waals surface area contributed by atoms with Crippen LogP contribution in [-0.4, -0.2) is 61.3 Å². The lowest BCUT2D eigenvalue weighted by Crippen LogP contribution is -2.46. The molecular weight excluding hydrogens is 394 g/mol. The molecule has 4 rings (SSSR count). The minimum absolute atomic E-state index is 0.258. The molecule has 2 aliphatic heterocycles. The third kappa shape index (κ3) is 5.40. The number of aromatic hydroxyl groups is 1. The van der Waals surface area contributed by atoms with Gasteiger partial charge in [0.1, 0.15) is 11.5 Å². The molecule has 168 valence electrons. The van der Waals surface area contributed by atoms with Crippen molar-refractivity contribution in [2.24, 2.45) is 0 Å². The van der Waals surface area contributed by atoms with Crippen LogP contribution in [0.3, 0.4) is 0 Å². The predicted molar refractivity (Wildman–Crippen MR) is 121 cm³/mol. The first-order valence-electron chi connectivity index (χ1n) is 11.3. The fraction of sp³-hybridized carbons (Fsp3) is 0.542. The number of ether oxygens (including phenoxy) is 1. The number of methoxy groups -OCH3 is 1. The molecule has 3 heterocycles. The summed E-state index contributed by atoms with van der Waals surface area (Å²) in [5.74, 6) is 1.64. The van der Waals surface area contributed by atoms with Crippen molar-refractivity contribution in [3.63, 3.8) is 0 Å². The first-order chi connectivity index (χ1) is 15.1. The quantitative estimate of drug-likeness (QED) is 0.760. The van der Waals surface area contributed by atoms with Gasteiger partial charge in [-0.2, -0.15) is 0 Å². The number of likely N-dealkylation sites (tertiary alicyclic amines) is 1. The van der Waals surface area contributed by atoms with Crippen LogP contribution in [0.2, 0.25) is 0 Å². The van der Waals surface area contributed by atoms with Gasteiger partial charge in [0.15, 0.2) is 5.76 Å². The Morgan fingerprint density at radius 3 is 2.32 bits per heavy atom. The summed E-state index contributed by atoms with van der Waals surface area (Å²) in [5.41, 5.74) is 0.747. The maximum absolute atomic E-state index is 12.4. The van der Waals surface area contributed by atoms with Crippen molar-refractivity contribution in [3.8, 4) is 11.5 Å². The van der Waals surface area contributed by atoms with E-state index in [1.54, 1.807) is 7.11 Å². The molecule has 1 N–H and O–H groups in total. The molecule has 2 saturated heterocycles. The predicted octanol–water partition coefficient (Wildman–Crippen LogP) is 3.05. The highest BCUT2D eigenvalue weighted by Crippen LogP contribution is 2.29. The second-order valence-corrected chi connectivity index (χ2v) is 8.47. The maximum Gasteiger partial charge on any atom is 0.227 e. The summed E-state index contributed by atoms with van der Waals surface area (Å²) in [6.45, 7) is 6.46. The van der Waals surface area contributed by atoms with Gasteiger partial charge in [-0.15, -0.1) is 0 Å². The number of hydrogen-bond donors (Lipinski definition) is 1. The smallest absolute Gasteiger partial charge is 0.227 e. The Balaban J connectivity index is 1.40. The molecule has 0 saturated carbocycles. The Morgan fingerprint density at radius 1 is 0.935 bits per heavy atom. The van der Waals surface area contributed by atoms with Crippen LogP contribution < -0.4 is 15.1 Å². The number of piperazine rings is 1. The summed E-state index contributed by atoms with van der Waals surface area (Å²) in [6, 6.07) is 9.49. The lowest BCUT2D eigenvalue weighted by molar-refractivity contribution is 0.205. The highest BCUT2D eigenvalue weighted by atomic mass is 16.5. The summed E-state index contributed by atoms with van der Waals surface area (Å²) < 4.78 is 11.5. The molecule has 0 radical (unpaired) electrons. The molecule has 1 aromatic carbocycles. The van der Waals surface area contributed by atoms with Crippen molar-refractivity contribution in [3.05, 3.63) is 52.1 Å². The van der Waals surface area contributed by atoms with Crippen molar-refractivity contribution >= 4 is 5.69 Å². The monoisotopic (exact) mass is 427 g/mol. The summed E-state index contributed by atoms with van der Waals surface area (Å²) in [4.78, 5) is 19.2. The van der Waals surface area contributed by atoms with Crippen LogP contribution in [0.4, 0.5) is 5.69 Å². The Labute approximate surface area is 183 Å². The van der Waals surface area contributed by atoms with Gasteiger partial charge in [-0.25, -0.2) is 0 Å². The molecule has 0 unspecified atom stereocenters. The molecule has 0 spiro atoms. The number of para-hydroxylation sites is 2. The third-order valence-corrected chi connectivity index (χ3v) is 6.29. The van der Waals surface area contributed by atoms with Gasteiger partial charge < -0.3 is 19.2 Å². The Morgan fingerprint density at radius 2 is 1.61 bits per heavy atom. The van der Waals surface area contributed by atoms with Crippen LogP contribution >= 0.6 is 0 Å². The number of benzene rings is 1. The first kappa shape index (κ1) is 21.7. The summed E-state index contributed by atoms with van der Waals surface area (Å²) in [7, 11) is 1.69. The summed E-state index contributed by atoms with van der Waals surface area (Å²) >= 11 is 0. The lowest BCUT2D eigenvalue weighted by atomic mass is 10.2. The average molecular weight is 428 g/mol. The molecule has 2 fully saturated rings. The largest absolute Gasteiger partial charge is 0.502 e. The molecule has 1 aromatic heterocycles. The zero-order valence-electron chi connectivity index (χ0n) is 18.4.